The van der Waals surface area contributed by atoms with Gasteiger partial charge in [0, 0.05) is 12.1 Å². The van der Waals surface area contributed by atoms with Crippen LogP contribution in [-0.4, -0.2) is 18.6 Å². The Morgan fingerprint density at radius 2 is 2.13 bits per heavy atom. The van der Waals surface area contributed by atoms with Gasteiger partial charge in [-0.05, 0) is 30.7 Å². The Balaban J connectivity index is 1.83. The Kier molecular flexibility index (Phi) is 2.76. The second-order valence-corrected chi connectivity index (χ2v) is 3.68. The van der Waals surface area contributed by atoms with Gasteiger partial charge in [-0.3, -0.25) is 4.79 Å². The molecule has 80 valence electrons. The van der Waals surface area contributed by atoms with Crippen molar-refractivity contribution in [1.82, 2.24) is 5.32 Å². The highest BCUT2D eigenvalue weighted by Crippen LogP contribution is 2.14. The minimum absolute atomic E-state index is 0.112. The van der Waals surface area contributed by atoms with Crippen molar-refractivity contribution in [2.24, 2.45) is 0 Å². The molecule has 1 amide bonds. The summed E-state index contributed by atoms with van der Waals surface area (Å²) in [4.78, 5) is 10.9. The van der Waals surface area contributed by atoms with E-state index in [0.717, 1.165) is 17.9 Å². The van der Waals surface area contributed by atoms with Crippen molar-refractivity contribution in [3.05, 3.63) is 24.3 Å². The van der Waals surface area contributed by atoms with Gasteiger partial charge in [-0.15, -0.1) is 0 Å². The summed E-state index contributed by atoms with van der Waals surface area (Å²) in [7, 11) is 0. The molecule has 2 rings (SSSR count). The van der Waals surface area contributed by atoms with E-state index in [1.165, 1.54) is 0 Å². The first-order valence-electron chi connectivity index (χ1n) is 5.02. The van der Waals surface area contributed by atoms with E-state index < -0.39 is 0 Å². The summed E-state index contributed by atoms with van der Waals surface area (Å²) in [5.74, 6) is 0.895. The number of rotatable bonds is 3. The summed E-state index contributed by atoms with van der Waals surface area (Å²) in [6, 6.07) is 7.39. The third kappa shape index (κ3) is 2.62. The number of nitrogens with two attached hydrogens (primary N) is 1. The standard InChI is InChI=1S/C11H14N2O2/c12-8-1-4-10(5-2-8)15-7-9-3-6-11(14)13-9/h1-2,4-5,9H,3,6-7,12H2,(H,13,14). The van der Waals surface area contributed by atoms with Crippen molar-refractivity contribution in [2.75, 3.05) is 12.3 Å². The number of amides is 1. The molecule has 15 heavy (non-hydrogen) atoms. The summed E-state index contributed by atoms with van der Waals surface area (Å²) in [6.45, 7) is 0.523. The lowest BCUT2D eigenvalue weighted by Crippen LogP contribution is -2.30. The van der Waals surface area contributed by atoms with Crippen LogP contribution in [0, 0.1) is 0 Å². The smallest absolute Gasteiger partial charge is 0.220 e. The van der Waals surface area contributed by atoms with Crippen LogP contribution >= 0.6 is 0 Å². The van der Waals surface area contributed by atoms with Gasteiger partial charge in [-0.2, -0.15) is 0 Å². The lowest BCUT2D eigenvalue weighted by molar-refractivity contribution is -0.119. The van der Waals surface area contributed by atoms with Gasteiger partial charge in [0.1, 0.15) is 12.4 Å². The van der Waals surface area contributed by atoms with Crippen LogP contribution in [0.3, 0.4) is 0 Å². The highest BCUT2D eigenvalue weighted by molar-refractivity contribution is 5.78. The second-order valence-electron chi connectivity index (χ2n) is 3.68. The third-order valence-electron chi connectivity index (χ3n) is 2.42. The van der Waals surface area contributed by atoms with Crippen molar-refractivity contribution in [3.63, 3.8) is 0 Å². The van der Waals surface area contributed by atoms with Gasteiger partial charge in [-0.1, -0.05) is 0 Å². The van der Waals surface area contributed by atoms with E-state index in [4.69, 9.17) is 10.5 Å². The molecule has 0 aliphatic carbocycles. The van der Waals surface area contributed by atoms with Crippen molar-refractivity contribution >= 4 is 11.6 Å². The van der Waals surface area contributed by atoms with Gasteiger partial charge in [0.25, 0.3) is 0 Å². The van der Waals surface area contributed by atoms with E-state index in [1.54, 1.807) is 12.1 Å². The van der Waals surface area contributed by atoms with E-state index in [0.29, 0.717) is 13.0 Å². The van der Waals surface area contributed by atoms with Gasteiger partial charge in [0.2, 0.25) is 5.91 Å². The summed E-state index contributed by atoms with van der Waals surface area (Å²) in [5, 5.41) is 2.85. The molecule has 0 radical (unpaired) electrons. The number of nitrogen functional groups attached to an aromatic ring is 1. The predicted octanol–water partition coefficient (Wildman–Crippen LogP) is 0.926. The topological polar surface area (TPSA) is 64.3 Å². The first kappa shape index (κ1) is 9.83. The fourth-order valence-electron chi connectivity index (χ4n) is 1.56. The maximum atomic E-state index is 10.9. The van der Waals surface area contributed by atoms with Gasteiger partial charge in [0.05, 0.1) is 6.04 Å². The normalized spacial score (nSPS) is 20.0. The monoisotopic (exact) mass is 206 g/mol. The van der Waals surface area contributed by atoms with Gasteiger partial charge >= 0.3 is 0 Å². The Labute approximate surface area is 88.4 Å². The molecule has 0 spiro atoms. The molecule has 1 aromatic carbocycles. The lowest BCUT2D eigenvalue weighted by Gasteiger charge is -2.11. The van der Waals surface area contributed by atoms with E-state index in [9.17, 15) is 4.79 Å². The van der Waals surface area contributed by atoms with Crippen LogP contribution in [0.25, 0.3) is 0 Å². The van der Waals surface area contributed by atoms with Crippen molar-refractivity contribution in [2.45, 2.75) is 18.9 Å². The van der Waals surface area contributed by atoms with Crippen LogP contribution in [0.4, 0.5) is 5.69 Å². The van der Waals surface area contributed by atoms with Crippen molar-refractivity contribution < 1.29 is 9.53 Å². The van der Waals surface area contributed by atoms with Crippen molar-refractivity contribution in [3.8, 4) is 5.75 Å². The molecule has 1 aromatic rings. The zero-order chi connectivity index (χ0) is 10.7. The Hall–Kier alpha value is -1.71. The van der Waals surface area contributed by atoms with Crippen LogP contribution < -0.4 is 15.8 Å². The molecule has 1 aliphatic rings. The Bertz CT molecular complexity index is 348. The molecule has 0 saturated carbocycles. The molecule has 0 aromatic heterocycles. The third-order valence-corrected chi connectivity index (χ3v) is 2.42. The molecular weight excluding hydrogens is 192 g/mol. The minimum Gasteiger partial charge on any atom is -0.491 e. The quantitative estimate of drug-likeness (QED) is 0.723. The number of carbonyl (C=O) groups is 1. The molecule has 4 heteroatoms. The summed E-state index contributed by atoms with van der Waals surface area (Å²) >= 11 is 0. The van der Waals surface area contributed by atoms with Crippen LogP contribution in [0.1, 0.15) is 12.8 Å². The molecular formula is C11H14N2O2. The summed E-state index contributed by atoms with van der Waals surface area (Å²) in [6.07, 6.45) is 1.46. The molecule has 1 atom stereocenters. The maximum absolute atomic E-state index is 10.9. The van der Waals surface area contributed by atoms with Gasteiger partial charge in [-0.25, -0.2) is 0 Å². The van der Waals surface area contributed by atoms with Crippen molar-refractivity contribution in [1.29, 1.82) is 0 Å². The van der Waals surface area contributed by atoms with E-state index >= 15 is 0 Å². The molecule has 3 N–H and O–H groups in total. The summed E-state index contributed by atoms with van der Waals surface area (Å²) in [5.41, 5.74) is 6.27. The van der Waals surface area contributed by atoms with Gasteiger partial charge in [0.15, 0.2) is 0 Å². The number of nitrogens with one attached hydrogen (secondary N) is 1. The maximum Gasteiger partial charge on any atom is 0.220 e. The highest BCUT2D eigenvalue weighted by Gasteiger charge is 2.20. The first-order valence-corrected chi connectivity index (χ1v) is 5.02. The molecule has 1 aliphatic heterocycles. The average molecular weight is 206 g/mol. The summed E-state index contributed by atoms with van der Waals surface area (Å²) < 4.78 is 5.52. The number of anilines is 1. The highest BCUT2D eigenvalue weighted by atomic mass is 16.5. The largest absolute Gasteiger partial charge is 0.491 e. The Morgan fingerprint density at radius 1 is 1.40 bits per heavy atom. The van der Waals surface area contributed by atoms with Crippen LogP contribution in [0.2, 0.25) is 0 Å². The lowest BCUT2D eigenvalue weighted by atomic mass is 10.2. The molecule has 1 heterocycles. The molecule has 1 fully saturated rings. The van der Waals surface area contributed by atoms with Crippen LogP contribution in [-0.2, 0) is 4.79 Å². The van der Waals surface area contributed by atoms with Crippen LogP contribution in [0.5, 0.6) is 5.75 Å². The number of hydrogen-bond donors (Lipinski definition) is 2. The fourth-order valence-corrected chi connectivity index (χ4v) is 1.56. The average Bonchev–Trinajstić information content (AvgIpc) is 2.64. The SMILES string of the molecule is Nc1ccc(OCC2CCC(=O)N2)cc1. The van der Waals surface area contributed by atoms with Crippen LogP contribution in [0.15, 0.2) is 24.3 Å². The fraction of sp³-hybridized carbons (Fsp3) is 0.364. The minimum atomic E-state index is 0.112. The number of carbonyl (C=O) groups excluding carboxylic acids is 1. The molecule has 1 unspecified atom stereocenters. The molecule has 4 nitrogen and oxygen atoms in total. The van der Waals surface area contributed by atoms with E-state index in [1.807, 2.05) is 12.1 Å². The van der Waals surface area contributed by atoms with E-state index in [2.05, 4.69) is 5.32 Å². The predicted molar refractivity (Wildman–Crippen MR) is 57.5 cm³/mol. The molecule has 1 saturated heterocycles. The second kappa shape index (κ2) is 4.21. The number of hydrogen-bond acceptors (Lipinski definition) is 3. The zero-order valence-corrected chi connectivity index (χ0v) is 8.40. The first-order chi connectivity index (χ1) is 7.24. The van der Waals surface area contributed by atoms with Gasteiger partial charge < -0.3 is 15.8 Å². The molecule has 0 bridgehead atoms. The number of benzene rings is 1. The van der Waals surface area contributed by atoms with E-state index in [-0.39, 0.29) is 11.9 Å². The zero-order valence-electron chi connectivity index (χ0n) is 8.40. The number of ether oxygens (including phenoxy) is 1. The Morgan fingerprint density at radius 3 is 2.73 bits per heavy atom.